The van der Waals surface area contributed by atoms with Crippen molar-refractivity contribution < 1.29 is 17.6 Å². The van der Waals surface area contributed by atoms with Gasteiger partial charge in [0.1, 0.15) is 12.4 Å². The lowest BCUT2D eigenvalue weighted by Gasteiger charge is -2.26. The molecule has 0 aliphatic carbocycles. The molecule has 5 nitrogen and oxygen atoms in total. The minimum Gasteiger partial charge on any atom is -0.348 e. The Morgan fingerprint density at radius 2 is 1.47 bits per heavy atom. The van der Waals surface area contributed by atoms with Gasteiger partial charge < -0.3 is 5.32 Å². The van der Waals surface area contributed by atoms with Gasteiger partial charge in [-0.05, 0) is 54.3 Å². The zero-order valence-corrected chi connectivity index (χ0v) is 18.9. The molecule has 1 unspecified atom stereocenters. The molecule has 0 fully saturated rings. The van der Waals surface area contributed by atoms with Crippen LogP contribution >= 0.6 is 0 Å². The van der Waals surface area contributed by atoms with Gasteiger partial charge in [0, 0.05) is 0 Å². The van der Waals surface area contributed by atoms with Crippen LogP contribution in [0.4, 0.5) is 10.1 Å². The van der Waals surface area contributed by atoms with Crippen LogP contribution in [0.1, 0.15) is 31.9 Å². The van der Waals surface area contributed by atoms with Crippen molar-refractivity contribution in [2.24, 2.45) is 5.92 Å². The molecule has 0 aliphatic heterocycles. The molecule has 3 aromatic rings. The summed E-state index contributed by atoms with van der Waals surface area (Å²) in [7, 11) is -4.08. The van der Waals surface area contributed by atoms with E-state index in [-0.39, 0.29) is 10.9 Å². The number of sulfonamides is 1. The third-order valence-corrected chi connectivity index (χ3v) is 6.77. The number of carbonyl (C=O) groups excluding carboxylic acids is 1. The fourth-order valence-corrected chi connectivity index (χ4v) is 4.87. The fraction of sp³-hybridized carbons (Fsp3) is 0.240. The zero-order valence-electron chi connectivity index (χ0n) is 18.1. The molecule has 0 bridgehead atoms. The molecule has 168 valence electrons. The van der Waals surface area contributed by atoms with Crippen molar-refractivity contribution in [2.45, 2.75) is 31.2 Å². The minimum absolute atomic E-state index is 0.0858. The standard InChI is InChI=1S/C25H27FN2O3S/c1-19(2)17-24(20-9-5-3-6-10-20)27-25(29)18-28(22-11-7-4-8-12-22)32(30,31)23-15-13-21(26)14-16-23/h3-16,19,24H,17-18H2,1-2H3,(H,27,29). The second kappa shape index (κ2) is 10.4. The molecule has 3 rings (SSSR count). The Balaban J connectivity index is 1.89. The summed E-state index contributed by atoms with van der Waals surface area (Å²) >= 11 is 0. The number of anilines is 1. The maximum Gasteiger partial charge on any atom is 0.264 e. The number of para-hydroxylation sites is 1. The van der Waals surface area contributed by atoms with Crippen LogP contribution in [0, 0.1) is 11.7 Å². The molecule has 7 heteroatoms. The van der Waals surface area contributed by atoms with Gasteiger partial charge in [0.25, 0.3) is 10.0 Å². The highest BCUT2D eigenvalue weighted by Crippen LogP contribution is 2.25. The number of amides is 1. The molecule has 0 heterocycles. The lowest BCUT2D eigenvalue weighted by Crippen LogP contribution is -2.42. The van der Waals surface area contributed by atoms with Crippen molar-refractivity contribution in [3.05, 3.63) is 96.3 Å². The topological polar surface area (TPSA) is 66.5 Å². The molecule has 1 atom stereocenters. The first-order chi connectivity index (χ1) is 15.3. The molecular formula is C25H27FN2O3S. The Kier molecular flexibility index (Phi) is 7.64. The van der Waals surface area contributed by atoms with Crippen molar-refractivity contribution >= 4 is 21.6 Å². The Bertz CT molecular complexity index is 1120. The quantitative estimate of drug-likeness (QED) is 0.499. The van der Waals surface area contributed by atoms with E-state index in [4.69, 9.17) is 0 Å². The normalized spacial score (nSPS) is 12.4. The van der Waals surface area contributed by atoms with Crippen molar-refractivity contribution in [1.29, 1.82) is 0 Å². The summed E-state index contributed by atoms with van der Waals surface area (Å²) in [6.45, 7) is 3.74. The molecule has 0 aliphatic rings. The Morgan fingerprint density at radius 1 is 0.906 bits per heavy atom. The van der Waals surface area contributed by atoms with Gasteiger partial charge in [-0.15, -0.1) is 0 Å². The molecule has 0 saturated carbocycles. The molecule has 32 heavy (non-hydrogen) atoms. The fourth-order valence-electron chi connectivity index (χ4n) is 3.45. The van der Waals surface area contributed by atoms with E-state index in [0.29, 0.717) is 18.0 Å². The Labute approximate surface area is 188 Å². The van der Waals surface area contributed by atoms with Crippen LogP contribution in [0.3, 0.4) is 0 Å². The SMILES string of the molecule is CC(C)CC(NC(=O)CN(c1ccccc1)S(=O)(=O)c1ccc(F)cc1)c1ccccc1. The first-order valence-electron chi connectivity index (χ1n) is 10.4. The van der Waals surface area contributed by atoms with Crippen LogP contribution in [-0.2, 0) is 14.8 Å². The van der Waals surface area contributed by atoms with Gasteiger partial charge in [0.2, 0.25) is 5.91 Å². The predicted octanol–water partition coefficient (Wildman–Crippen LogP) is 4.92. The van der Waals surface area contributed by atoms with E-state index in [1.807, 2.05) is 30.3 Å². The second-order valence-corrected chi connectivity index (χ2v) is 9.82. The summed E-state index contributed by atoms with van der Waals surface area (Å²) in [6, 6.07) is 22.3. The van der Waals surface area contributed by atoms with Crippen molar-refractivity contribution in [2.75, 3.05) is 10.8 Å². The summed E-state index contributed by atoms with van der Waals surface area (Å²) in [5.74, 6) is -0.630. The molecule has 0 saturated heterocycles. The highest BCUT2D eigenvalue weighted by molar-refractivity contribution is 7.92. The molecule has 0 aromatic heterocycles. The predicted molar refractivity (Wildman–Crippen MR) is 124 cm³/mol. The van der Waals surface area contributed by atoms with E-state index in [9.17, 15) is 17.6 Å². The van der Waals surface area contributed by atoms with Gasteiger partial charge in [-0.2, -0.15) is 0 Å². The monoisotopic (exact) mass is 454 g/mol. The maximum absolute atomic E-state index is 13.3. The highest BCUT2D eigenvalue weighted by Gasteiger charge is 2.28. The largest absolute Gasteiger partial charge is 0.348 e. The number of hydrogen-bond donors (Lipinski definition) is 1. The van der Waals surface area contributed by atoms with Gasteiger partial charge in [0.05, 0.1) is 16.6 Å². The number of hydrogen-bond acceptors (Lipinski definition) is 3. The molecular weight excluding hydrogens is 427 g/mol. The summed E-state index contributed by atoms with van der Waals surface area (Å²) in [5.41, 5.74) is 1.31. The number of halogens is 1. The van der Waals surface area contributed by atoms with Gasteiger partial charge in [-0.1, -0.05) is 62.4 Å². The minimum atomic E-state index is -4.08. The van der Waals surface area contributed by atoms with Crippen LogP contribution in [0.25, 0.3) is 0 Å². The van der Waals surface area contributed by atoms with E-state index in [0.717, 1.165) is 22.0 Å². The molecule has 0 radical (unpaired) electrons. The number of benzene rings is 3. The lowest BCUT2D eigenvalue weighted by molar-refractivity contribution is -0.120. The maximum atomic E-state index is 13.3. The lowest BCUT2D eigenvalue weighted by atomic mass is 9.97. The summed E-state index contributed by atoms with van der Waals surface area (Å²) in [5, 5.41) is 2.99. The third kappa shape index (κ3) is 5.95. The smallest absolute Gasteiger partial charge is 0.264 e. The van der Waals surface area contributed by atoms with Gasteiger partial charge >= 0.3 is 0 Å². The molecule has 1 N–H and O–H groups in total. The van der Waals surface area contributed by atoms with E-state index >= 15 is 0 Å². The van der Waals surface area contributed by atoms with E-state index in [1.54, 1.807) is 30.3 Å². The summed E-state index contributed by atoms with van der Waals surface area (Å²) < 4.78 is 41.1. The van der Waals surface area contributed by atoms with Crippen LogP contribution in [0.5, 0.6) is 0 Å². The Morgan fingerprint density at radius 3 is 2.03 bits per heavy atom. The van der Waals surface area contributed by atoms with Gasteiger partial charge in [0.15, 0.2) is 0 Å². The van der Waals surface area contributed by atoms with Crippen LogP contribution in [0.15, 0.2) is 89.8 Å². The summed E-state index contributed by atoms with van der Waals surface area (Å²) in [4.78, 5) is 13.0. The number of rotatable bonds is 9. The van der Waals surface area contributed by atoms with Crippen LogP contribution in [0.2, 0.25) is 0 Å². The molecule has 0 spiro atoms. The highest BCUT2D eigenvalue weighted by atomic mass is 32.2. The number of nitrogens with one attached hydrogen (secondary N) is 1. The first-order valence-corrected chi connectivity index (χ1v) is 11.9. The second-order valence-electron chi connectivity index (χ2n) is 7.96. The zero-order chi connectivity index (χ0) is 23.1. The molecule has 3 aromatic carbocycles. The van der Waals surface area contributed by atoms with Crippen molar-refractivity contribution in [3.63, 3.8) is 0 Å². The molecule has 1 amide bonds. The number of carbonyl (C=O) groups is 1. The van der Waals surface area contributed by atoms with Crippen LogP contribution < -0.4 is 9.62 Å². The van der Waals surface area contributed by atoms with E-state index in [1.165, 1.54) is 12.1 Å². The summed E-state index contributed by atoms with van der Waals surface area (Å²) in [6.07, 6.45) is 0.714. The van der Waals surface area contributed by atoms with Gasteiger partial charge in [-0.3, -0.25) is 9.10 Å². The third-order valence-electron chi connectivity index (χ3n) is 4.98. The van der Waals surface area contributed by atoms with Crippen molar-refractivity contribution in [1.82, 2.24) is 5.32 Å². The van der Waals surface area contributed by atoms with Gasteiger partial charge in [-0.25, -0.2) is 12.8 Å². The van der Waals surface area contributed by atoms with E-state index in [2.05, 4.69) is 19.2 Å². The van der Waals surface area contributed by atoms with E-state index < -0.39 is 28.3 Å². The first kappa shape index (κ1) is 23.5. The Hall–Kier alpha value is -3.19. The average molecular weight is 455 g/mol. The number of nitrogens with zero attached hydrogens (tertiary/aromatic N) is 1. The average Bonchev–Trinajstić information content (AvgIpc) is 2.78. The van der Waals surface area contributed by atoms with Crippen LogP contribution in [-0.4, -0.2) is 20.9 Å². The van der Waals surface area contributed by atoms with Crippen molar-refractivity contribution in [3.8, 4) is 0 Å².